The van der Waals surface area contributed by atoms with E-state index >= 15 is 0 Å². The fourth-order valence-electron chi connectivity index (χ4n) is 2.40. The van der Waals surface area contributed by atoms with Crippen molar-refractivity contribution in [3.05, 3.63) is 35.4 Å². The van der Waals surface area contributed by atoms with Crippen molar-refractivity contribution in [3.8, 4) is 0 Å². The third-order valence-electron chi connectivity index (χ3n) is 2.99. The molecule has 0 heterocycles. The van der Waals surface area contributed by atoms with Crippen LogP contribution in [0.1, 0.15) is 25.3 Å². The number of benzene rings is 1. The summed E-state index contributed by atoms with van der Waals surface area (Å²) in [6.07, 6.45) is 1.68. The van der Waals surface area contributed by atoms with Gasteiger partial charge in [-0.3, -0.25) is 0 Å². The molecule has 1 aliphatic rings. The molecule has 0 amide bonds. The summed E-state index contributed by atoms with van der Waals surface area (Å²) in [5.74, 6) is -0.647. The van der Waals surface area contributed by atoms with E-state index in [1.165, 1.54) is 12.1 Å². The summed E-state index contributed by atoms with van der Waals surface area (Å²) in [6, 6.07) is 3.50. The molecule has 1 saturated carbocycles. The first kappa shape index (κ1) is 10.6. The highest BCUT2D eigenvalue weighted by molar-refractivity contribution is 5.21. The third kappa shape index (κ3) is 2.17. The molecule has 0 aromatic heterocycles. The summed E-state index contributed by atoms with van der Waals surface area (Å²) < 4.78 is 25.9. The SMILES string of the molecule is CC1CC(O)(Cc2ccc(F)cc2F)C1. The van der Waals surface area contributed by atoms with Crippen LogP contribution in [0.15, 0.2) is 18.2 Å². The summed E-state index contributed by atoms with van der Waals surface area (Å²) in [5, 5.41) is 9.97. The molecule has 0 aliphatic heterocycles. The predicted octanol–water partition coefficient (Wildman–Crippen LogP) is 2.67. The molecular weight excluding hydrogens is 198 g/mol. The maximum atomic E-state index is 13.3. The summed E-state index contributed by atoms with van der Waals surface area (Å²) in [6.45, 7) is 2.05. The largest absolute Gasteiger partial charge is 0.390 e. The Morgan fingerprint density at radius 2 is 2.07 bits per heavy atom. The molecule has 0 unspecified atom stereocenters. The van der Waals surface area contributed by atoms with Gasteiger partial charge in [0.2, 0.25) is 0 Å². The number of hydrogen-bond acceptors (Lipinski definition) is 1. The van der Waals surface area contributed by atoms with E-state index in [2.05, 4.69) is 6.92 Å². The first-order valence-corrected chi connectivity index (χ1v) is 5.15. The van der Waals surface area contributed by atoms with Crippen LogP contribution in [0.5, 0.6) is 0 Å². The first-order chi connectivity index (χ1) is 6.98. The molecule has 1 fully saturated rings. The van der Waals surface area contributed by atoms with Crippen molar-refractivity contribution >= 4 is 0 Å². The van der Waals surface area contributed by atoms with Gasteiger partial charge in [0, 0.05) is 12.5 Å². The van der Waals surface area contributed by atoms with E-state index in [0.29, 0.717) is 24.3 Å². The van der Waals surface area contributed by atoms with Crippen LogP contribution >= 0.6 is 0 Å². The Labute approximate surface area is 87.7 Å². The van der Waals surface area contributed by atoms with E-state index < -0.39 is 17.2 Å². The quantitative estimate of drug-likeness (QED) is 0.799. The van der Waals surface area contributed by atoms with Crippen LogP contribution in [-0.4, -0.2) is 10.7 Å². The van der Waals surface area contributed by atoms with Crippen LogP contribution in [-0.2, 0) is 6.42 Å². The van der Waals surface area contributed by atoms with Crippen LogP contribution in [0.25, 0.3) is 0 Å². The van der Waals surface area contributed by atoms with Crippen molar-refractivity contribution in [1.82, 2.24) is 0 Å². The lowest BCUT2D eigenvalue weighted by molar-refractivity contribution is -0.0671. The molecule has 1 aliphatic carbocycles. The Morgan fingerprint density at radius 1 is 1.40 bits per heavy atom. The Kier molecular flexibility index (Phi) is 2.51. The topological polar surface area (TPSA) is 20.2 Å². The number of aliphatic hydroxyl groups is 1. The maximum Gasteiger partial charge on any atom is 0.129 e. The first-order valence-electron chi connectivity index (χ1n) is 5.15. The van der Waals surface area contributed by atoms with E-state index in [-0.39, 0.29) is 6.42 Å². The lowest BCUT2D eigenvalue weighted by Crippen LogP contribution is -2.44. The van der Waals surface area contributed by atoms with E-state index in [0.717, 1.165) is 6.07 Å². The van der Waals surface area contributed by atoms with Gasteiger partial charge in [0.1, 0.15) is 11.6 Å². The number of halogens is 2. The van der Waals surface area contributed by atoms with Crippen molar-refractivity contribution < 1.29 is 13.9 Å². The molecule has 1 N–H and O–H groups in total. The standard InChI is InChI=1S/C12H14F2O/c1-8-5-12(15,6-8)7-9-2-3-10(13)4-11(9)14/h2-4,8,15H,5-7H2,1H3. The average Bonchev–Trinajstić information content (AvgIpc) is 2.08. The second-order valence-electron chi connectivity index (χ2n) is 4.65. The highest BCUT2D eigenvalue weighted by Crippen LogP contribution is 2.40. The normalized spacial score (nSPS) is 30.0. The Balaban J connectivity index is 2.11. The van der Waals surface area contributed by atoms with E-state index in [9.17, 15) is 13.9 Å². The van der Waals surface area contributed by atoms with E-state index in [4.69, 9.17) is 0 Å². The fraction of sp³-hybridized carbons (Fsp3) is 0.500. The fourth-order valence-corrected chi connectivity index (χ4v) is 2.40. The van der Waals surface area contributed by atoms with Crippen molar-refractivity contribution in [1.29, 1.82) is 0 Å². The molecule has 2 rings (SSSR count). The van der Waals surface area contributed by atoms with Gasteiger partial charge in [-0.25, -0.2) is 8.78 Å². The number of rotatable bonds is 2. The van der Waals surface area contributed by atoms with Crippen molar-refractivity contribution in [2.75, 3.05) is 0 Å². The van der Waals surface area contributed by atoms with Gasteiger partial charge in [-0.15, -0.1) is 0 Å². The van der Waals surface area contributed by atoms with Gasteiger partial charge in [-0.2, -0.15) is 0 Å². The minimum atomic E-state index is -0.780. The average molecular weight is 212 g/mol. The summed E-state index contributed by atoms with van der Waals surface area (Å²) >= 11 is 0. The number of hydrogen-bond donors (Lipinski definition) is 1. The van der Waals surface area contributed by atoms with Crippen LogP contribution < -0.4 is 0 Å². The summed E-state index contributed by atoms with van der Waals surface area (Å²) in [7, 11) is 0. The van der Waals surface area contributed by atoms with Gasteiger partial charge in [0.25, 0.3) is 0 Å². The second-order valence-corrected chi connectivity index (χ2v) is 4.65. The zero-order chi connectivity index (χ0) is 11.1. The smallest absolute Gasteiger partial charge is 0.129 e. The molecule has 0 radical (unpaired) electrons. The molecule has 1 aromatic carbocycles. The van der Waals surface area contributed by atoms with E-state index in [1.54, 1.807) is 0 Å². The van der Waals surface area contributed by atoms with Crippen LogP contribution in [0, 0.1) is 17.6 Å². The lowest BCUT2D eigenvalue weighted by Gasteiger charge is -2.42. The monoisotopic (exact) mass is 212 g/mol. The van der Waals surface area contributed by atoms with E-state index in [1.807, 2.05) is 0 Å². The minimum Gasteiger partial charge on any atom is -0.390 e. The zero-order valence-corrected chi connectivity index (χ0v) is 8.63. The highest BCUT2D eigenvalue weighted by atomic mass is 19.1. The molecular formula is C12H14F2O. The van der Waals surface area contributed by atoms with Gasteiger partial charge in [-0.1, -0.05) is 13.0 Å². The van der Waals surface area contributed by atoms with Crippen LogP contribution in [0.2, 0.25) is 0 Å². The molecule has 0 saturated heterocycles. The summed E-state index contributed by atoms with van der Waals surface area (Å²) in [4.78, 5) is 0. The van der Waals surface area contributed by atoms with Crippen molar-refractivity contribution in [3.63, 3.8) is 0 Å². The molecule has 3 heteroatoms. The molecule has 0 atom stereocenters. The molecule has 0 bridgehead atoms. The van der Waals surface area contributed by atoms with Gasteiger partial charge in [0.05, 0.1) is 5.60 Å². The van der Waals surface area contributed by atoms with Crippen LogP contribution in [0.4, 0.5) is 8.78 Å². The Hall–Kier alpha value is -0.960. The summed E-state index contributed by atoms with van der Waals surface area (Å²) in [5.41, 5.74) is -0.385. The Morgan fingerprint density at radius 3 is 2.60 bits per heavy atom. The predicted molar refractivity (Wildman–Crippen MR) is 53.4 cm³/mol. The molecule has 1 nitrogen and oxygen atoms in total. The third-order valence-corrected chi connectivity index (χ3v) is 2.99. The lowest BCUT2D eigenvalue weighted by atomic mass is 9.69. The minimum absolute atomic E-state index is 0.281. The van der Waals surface area contributed by atoms with Gasteiger partial charge in [0.15, 0.2) is 0 Å². The van der Waals surface area contributed by atoms with Crippen LogP contribution in [0.3, 0.4) is 0 Å². The maximum absolute atomic E-state index is 13.3. The Bertz CT molecular complexity index is 370. The molecule has 15 heavy (non-hydrogen) atoms. The second kappa shape index (κ2) is 3.56. The zero-order valence-electron chi connectivity index (χ0n) is 8.63. The van der Waals surface area contributed by atoms with Gasteiger partial charge < -0.3 is 5.11 Å². The molecule has 0 spiro atoms. The van der Waals surface area contributed by atoms with Gasteiger partial charge in [-0.05, 0) is 30.4 Å². The molecule has 1 aromatic rings. The molecule has 82 valence electrons. The highest BCUT2D eigenvalue weighted by Gasteiger charge is 2.40. The van der Waals surface area contributed by atoms with Crippen molar-refractivity contribution in [2.45, 2.75) is 31.8 Å². The van der Waals surface area contributed by atoms with Crippen molar-refractivity contribution in [2.24, 2.45) is 5.92 Å². The van der Waals surface area contributed by atoms with Gasteiger partial charge >= 0.3 is 0 Å².